The Bertz CT molecular complexity index is 851. The van der Waals surface area contributed by atoms with Gasteiger partial charge in [0.25, 0.3) is 0 Å². The Hall–Kier alpha value is -2.53. The zero-order chi connectivity index (χ0) is 20.4. The van der Waals surface area contributed by atoms with Crippen LogP contribution in [0.1, 0.15) is 36.8 Å². The zero-order valence-corrected chi connectivity index (χ0v) is 17.5. The van der Waals surface area contributed by atoms with Crippen molar-refractivity contribution in [1.82, 2.24) is 9.80 Å². The quantitative estimate of drug-likeness (QED) is 0.776. The highest BCUT2D eigenvalue weighted by Crippen LogP contribution is 2.41. The van der Waals surface area contributed by atoms with Crippen molar-refractivity contribution in [3.05, 3.63) is 59.7 Å². The van der Waals surface area contributed by atoms with Crippen molar-refractivity contribution >= 4 is 5.91 Å². The minimum absolute atomic E-state index is 0.176. The fourth-order valence-corrected chi connectivity index (χ4v) is 5.14. The van der Waals surface area contributed by atoms with E-state index in [1.807, 2.05) is 24.3 Å². The molecule has 0 radical (unpaired) electrons. The number of methoxy groups -OCH3 is 2. The summed E-state index contributed by atoms with van der Waals surface area (Å²) in [5.74, 6) is 2.26. The molecule has 2 saturated heterocycles. The lowest BCUT2D eigenvalue weighted by Crippen LogP contribution is -2.51. The molecule has 2 aromatic carbocycles. The van der Waals surface area contributed by atoms with Gasteiger partial charge >= 0.3 is 0 Å². The van der Waals surface area contributed by atoms with Gasteiger partial charge in [-0.1, -0.05) is 30.3 Å². The van der Waals surface area contributed by atoms with Crippen LogP contribution in [0.25, 0.3) is 0 Å². The Morgan fingerprint density at radius 3 is 2.52 bits per heavy atom. The van der Waals surface area contributed by atoms with Crippen LogP contribution in [0.3, 0.4) is 0 Å². The maximum Gasteiger partial charge on any atom is 0.219 e. The molecule has 0 spiro atoms. The van der Waals surface area contributed by atoms with Gasteiger partial charge in [0.1, 0.15) is 11.5 Å². The molecule has 154 valence electrons. The largest absolute Gasteiger partial charge is 0.497 e. The number of hydrogen-bond acceptors (Lipinski definition) is 4. The fraction of sp³-hybridized carbons (Fsp3) is 0.458. The summed E-state index contributed by atoms with van der Waals surface area (Å²) in [5.41, 5.74) is 2.47. The molecule has 0 unspecified atom stereocenters. The number of carbonyl (C=O) groups is 1. The number of nitrogens with zero attached hydrogens (tertiary/aromatic N) is 2. The average molecular weight is 395 g/mol. The lowest BCUT2D eigenvalue weighted by molar-refractivity contribution is -0.130. The molecule has 2 aliphatic rings. The van der Waals surface area contributed by atoms with Crippen molar-refractivity contribution in [3.63, 3.8) is 0 Å². The Balaban J connectivity index is 1.66. The van der Waals surface area contributed by atoms with Gasteiger partial charge in [-0.05, 0) is 43.1 Å². The number of likely N-dealkylation sites (tertiary alicyclic amines) is 2. The van der Waals surface area contributed by atoms with Gasteiger partial charge in [-0.3, -0.25) is 9.69 Å². The molecule has 5 nitrogen and oxygen atoms in total. The summed E-state index contributed by atoms with van der Waals surface area (Å²) in [6.45, 7) is 4.35. The molecule has 0 N–H and O–H groups in total. The SMILES string of the molecule is COc1ccc([C@H]2CN(C(C)=O)[C@@H]3CCCN(Cc4ccccc4OC)[C@H]23)cc1. The Morgan fingerprint density at radius 1 is 1.07 bits per heavy atom. The normalized spacial score (nSPS) is 24.2. The first-order valence-corrected chi connectivity index (χ1v) is 10.4. The zero-order valence-electron chi connectivity index (χ0n) is 17.5. The smallest absolute Gasteiger partial charge is 0.219 e. The average Bonchev–Trinajstić information content (AvgIpc) is 3.15. The third-order valence-electron chi connectivity index (χ3n) is 6.48. The van der Waals surface area contributed by atoms with Crippen molar-refractivity contribution < 1.29 is 14.3 Å². The van der Waals surface area contributed by atoms with Gasteiger partial charge in [0, 0.05) is 43.6 Å². The number of amides is 1. The van der Waals surface area contributed by atoms with Crippen molar-refractivity contribution in [2.75, 3.05) is 27.3 Å². The molecule has 0 aliphatic carbocycles. The second-order valence-corrected chi connectivity index (χ2v) is 8.03. The van der Waals surface area contributed by atoms with Crippen LogP contribution in [0.5, 0.6) is 11.5 Å². The van der Waals surface area contributed by atoms with E-state index in [0.717, 1.165) is 44.0 Å². The molecule has 2 heterocycles. The van der Waals surface area contributed by atoms with Crippen LogP contribution in [0.2, 0.25) is 0 Å². The van der Waals surface area contributed by atoms with Gasteiger partial charge in [-0.15, -0.1) is 0 Å². The van der Waals surface area contributed by atoms with E-state index in [1.54, 1.807) is 21.1 Å². The van der Waals surface area contributed by atoms with Crippen LogP contribution >= 0.6 is 0 Å². The highest BCUT2D eigenvalue weighted by molar-refractivity contribution is 5.74. The molecule has 2 fully saturated rings. The number of para-hydroxylation sites is 1. The molecule has 0 bridgehead atoms. The van der Waals surface area contributed by atoms with E-state index in [4.69, 9.17) is 9.47 Å². The number of benzene rings is 2. The van der Waals surface area contributed by atoms with Crippen LogP contribution in [0.4, 0.5) is 0 Å². The highest BCUT2D eigenvalue weighted by atomic mass is 16.5. The molecule has 1 amide bonds. The number of fused-ring (bicyclic) bond motifs is 1. The van der Waals surface area contributed by atoms with Crippen molar-refractivity contribution in [3.8, 4) is 11.5 Å². The van der Waals surface area contributed by atoms with Gasteiger partial charge in [0.05, 0.1) is 14.2 Å². The van der Waals surface area contributed by atoms with E-state index in [-0.39, 0.29) is 11.9 Å². The van der Waals surface area contributed by atoms with E-state index in [9.17, 15) is 4.79 Å². The summed E-state index contributed by atoms with van der Waals surface area (Å²) in [6.07, 6.45) is 2.18. The number of piperidine rings is 1. The minimum atomic E-state index is 0.176. The number of carbonyl (C=O) groups excluding carboxylic acids is 1. The van der Waals surface area contributed by atoms with Crippen LogP contribution in [-0.4, -0.2) is 55.1 Å². The van der Waals surface area contributed by atoms with Crippen molar-refractivity contribution in [1.29, 1.82) is 0 Å². The third-order valence-corrected chi connectivity index (χ3v) is 6.48. The van der Waals surface area contributed by atoms with Crippen LogP contribution in [-0.2, 0) is 11.3 Å². The second kappa shape index (κ2) is 8.46. The molecule has 3 atom stereocenters. The van der Waals surface area contributed by atoms with Gasteiger partial charge in [0.15, 0.2) is 0 Å². The summed E-state index contributed by atoms with van der Waals surface area (Å²) >= 11 is 0. The molecule has 29 heavy (non-hydrogen) atoms. The maximum absolute atomic E-state index is 12.4. The van der Waals surface area contributed by atoms with Crippen LogP contribution in [0, 0.1) is 0 Å². The highest BCUT2D eigenvalue weighted by Gasteiger charge is 2.47. The van der Waals surface area contributed by atoms with E-state index in [0.29, 0.717) is 12.0 Å². The molecule has 2 aliphatic heterocycles. The number of hydrogen-bond donors (Lipinski definition) is 0. The first kappa shape index (κ1) is 19.8. The predicted octanol–water partition coefficient (Wildman–Crippen LogP) is 3.68. The number of ether oxygens (including phenoxy) is 2. The molecular weight excluding hydrogens is 364 g/mol. The lowest BCUT2D eigenvalue weighted by Gasteiger charge is -2.41. The van der Waals surface area contributed by atoms with E-state index >= 15 is 0 Å². The lowest BCUT2D eigenvalue weighted by atomic mass is 9.85. The van der Waals surface area contributed by atoms with Crippen molar-refractivity contribution in [2.45, 2.75) is 44.3 Å². The molecule has 4 rings (SSSR count). The van der Waals surface area contributed by atoms with E-state index < -0.39 is 0 Å². The Morgan fingerprint density at radius 2 is 1.83 bits per heavy atom. The second-order valence-electron chi connectivity index (χ2n) is 8.03. The van der Waals surface area contributed by atoms with Gasteiger partial charge in [-0.25, -0.2) is 0 Å². The summed E-state index contributed by atoms with van der Waals surface area (Å²) in [5, 5.41) is 0. The monoisotopic (exact) mass is 394 g/mol. The summed E-state index contributed by atoms with van der Waals surface area (Å²) in [6, 6.07) is 17.2. The third kappa shape index (κ3) is 3.84. The first-order chi connectivity index (χ1) is 14.1. The fourth-order valence-electron chi connectivity index (χ4n) is 5.14. The number of rotatable bonds is 5. The first-order valence-electron chi connectivity index (χ1n) is 10.4. The predicted molar refractivity (Wildman–Crippen MR) is 113 cm³/mol. The van der Waals surface area contributed by atoms with Gasteiger partial charge in [0.2, 0.25) is 5.91 Å². The van der Waals surface area contributed by atoms with E-state index in [1.165, 1.54) is 11.1 Å². The minimum Gasteiger partial charge on any atom is -0.497 e. The molecular formula is C24H30N2O3. The summed E-state index contributed by atoms with van der Waals surface area (Å²) in [7, 11) is 3.42. The molecule has 2 aromatic rings. The Kier molecular flexibility index (Phi) is 5.76. The van der Waals surface area contributed by atoms with Crippen LogP contribution < -0.4 is 9.47 Å². The molecule has 0 aromatic heterocycles. The van der Waals surface area contributed by atoms with Gasteiger partial charge in [-0.2, -0.15) is 0 Å². The van der Waals surface area contributed by atoms with E-state index in [2.05, 4.69) is 34.1 Å². The topological polar surface area (TPSA) is 42.0 Å². The maximum atomic E-state index is 12.4. The van der Waals surface area contributed by atoms with Gasteiger partial charge < -0.3 is 14.4 Å². The standard InChI is InChI=1S/C24H30N2O3/c1-17(27)26-16-21(18-10-12-20(28-2)13-11-18)24-22(26)8-6-14-25(24)15-19-7-4-5-9-23(19)29-3/h4-5,7,9-13,21-22,24H,6,8,14-16H2,1-3H3/t21-,22-,24-/m1/s1. The molecule has 5 heteroatoms. The summed E-state index contributed by atoms with van der Waals surface area (Å²) in [4.78, 5) is 17.1. The Labute approximate surface area is 173 Å². The molecule has 0 saturated carbocycles. The van der Waals surface area contributed by atoms with Crippen LogP contribution in [0.15, 0.2) is 48.5 Å². The summed E-state index contributed by atoms with van der Waals surface area (Å²) < 4.78 is 10.9. The van der Waals surface area contributed by atoms with Crippen molar-refractivity contribution in [2.24, 2.45) is 0 Å².